The minimum Gasteiger partial charge on any atom is -0.250 e. The minimum atomic E-state index is 0.00600. The lowest BCUT2D eigenvalue weighted by atomic mass is 9.84. The molecule has 1 saturated carbocycles. The number of pyridine rings is 1. The summed E-state index contributed by atoms with van der Waals surface area (Å²) in [4.78, 5) is 12.5. The van der Waals surface area contributed by atoms with E-state index in [1.165, 1.54) is 19.3 Å². The van der Waals surface area contributed by atoms with Gasteiger partial charge in [-0.15, -0.1) is 5.10 Å². The fraction of sp³-hybridized carbons (Fsp3) is 0.625. The van der Waals surface area contributed by atoms with E-state index < -0.39 is 0 Å². The molecule has 2 aromatic rings. The lowest BCUT2D eigenvalue weighted by Gasteiger charge is -2.26. The maximum absolute atomic E-state index is 12.5. The number of hydrogen-bond acceptors (Lipinski definition) is 2. The summed E-state index contributed by atoms with van der Waals surface area (Å²) in [6.45, 7) is 4.65. The van der Waals surface area contributed by atoms with E-state index in [0.717, 1.165) is 30.3 Å². The van der Waals surface area contributed by atoms with Gasteiger partial charge in [-0.1, -0.05) is 19.9 Å². The molecule has 3 rings (SSSR count). The van der Waals surface area contributed by atoms with Crippen molar-refractivity contribution in [1.82, 2.24) is 14.2 Å². The first-order chi connectivity index (χ1) is 9.65. The Balaban J connectivity index is 1.93. The van der Waals surface area contributed by atoms with Crippen LogP contribution < -0.4 is 5.69 Å². The van der Waals surface area contributed by atoms with Gasteiger partial charge in [0, 0.05) is 6.20 Å². The summed E-state index contributed by atoms with van der Waals surface area (Å²) in [6, 6.07) is 5.95. The van der Waals surface area contributed by atoms with Gasteiger partial charge in [-0.2, -0.15) is 0 Å². The molecular weight excluding hydrogens is 250 g/mol. The van der Waals surface area contributed by atoms with Crippen LogP contribution in [0.3, 0.4) is 0 Å². The summed E-state index contributed by atoms with van der Waals surface area (Å²) < 4.78 is 3.37. The molecule has 0 aliphatic heterocycles. The average Bonchev–Trinajstić information content (AvgIpc) is 2.75. The van der Waals surface area contributed by atoms with E-state index in [1.54, 1.807) is 15.3 Å². The molecule has 108 valence electrons. The van der Waals surface area contributed by atoms with Crippen LogP contribution in [-0.4, -0.2) is 14.2 Å². The molecule has 0 saturated heterocycles. The molecule has 2 unspecified atom stereocenters. The normalized spacial score (nSPS) is 28.2. The van der Waals surface area contributed by atoms with Gasteiger partial charge in [-0.25, -0.2) is 9.48 Å². The fourth-order valence-corrected chi connectivity index (χ4v) is 3.44. The van der Waals surface area contributed by atoms with Crippen LogP contribution in [0.5, 0.6) is 0 Å². The smallest absolute Gasteiger partial charge is 0.250 e. The largest absolute Gasteiger partial charge is 0.350 e. The monoisotopic (exact) mass is 273 g/mol. The predicted octanol–water partition coefficient (Wildman–Crippen LogP) is 3.27. The summed E-state index contributed by atoms with van der Waals surface area (Å²) in [6.07, 6.45) is 7.63. The van der Waals surface area contributed by atoms with Gasteiger partial charge in [-0.3, -0.25) is 4.40 Å². The lowest BCUT2D eigenvalue weighted by Crippen LogP contribution is -2.27. The van der Waals surface area contributed by atoms with E-state index in [-0.39, 0.29) is 11.7 Å². The zero-order valence-corrected chi connectivity index (χ0v) is 12.3. The van der Waals surface area contributed by atoms with Crippen molar-refractivity contribution in [2.45, 2.75) is 52.0 Å². The van der Waals surface area contributed by atoms with Gasteiger partial charge in [0.15, 0.2) is 5.65 Å². The van der Waals surface area contributed by atoms with Crippen molar-refractivity contribution in [3.8, 4) is 0 Å². The van der Waals surface area contributed by atoms with Crippen molar-refractivity contribution >= 4 is 5.65 Å². The molecule has 2 heterocycles. The lowest BCUT2D eigenvalue weighted by molar-refractivity contribution is 0.261. The van der Waals surface area contributed by atoms with Crippen LogP contribution in [0, 0.1) is 11.8 Å². The molecule has 1 aliphatic carbocycles. The van der Waals surface area contributed by atoms with Gasteiger partial charge in [0.05, 0.1) is 6.04 Å². The van der Waals surface area contributed by atoms with E-state index in [2.05, 4.69) is 18.9 Å². The van der Waals surface area contributed by atoms with Crippen LogP contribution in [0.15, 0.2) is 29.2 Å². The molecule has 0 radical (unpaired) electrons. The van der Waals surface area contributed by atoms with Gasteiger partial charge >= 0.3 is 5.69 Å². The van der Waals surface area contributed by atoms with Gasteiger partial charge in [0.1, 0.15) is 0 Å². The Morgan fingerprint density at radius 1 is 1.10 bits per heavy atom. The van der Waals surface area contributed by atoms with Crippen molar-refractivity contribution in [3.63, 3.8) is 0 Å². The molecule has 0 N–H and O–H groups in total. The summed E-state index contributed by atoms with van der Waals surface area (Å²) in [5, 5.41) is 4.53. The van der Waals surface area contributed by atoms with Crippen molar-refractivity contribution in [1.29, 1.82) is 0 Å². The number of fused-ring (bicyclic) bond motifs is 1. The number of aromatic nitrogens is 3. The summed E-state index contributed by atoms with van der Waals surface area (Å²) in [5.41, 5.74) is 0.757. The van der Waals surface area contributed by atoms with Crippen LogP contribution in [0.2, 0.25) is 0 Å². The van der Waals surface area contributed by atoms with E-state index in [4.69, 9.17) is 0 Å². The quantitative estimate of drug-likeness (QED) is 0.800. The molecule has 2 atom stereocenters. The first-order valence-corrected chi connectivity index (χ1v) is 7.71. The highest BCUT2D eigenvalue weighted by Crippen LogP contribution is 2.31. The van der Waals surface area contributed by atoms with Crippen molar-refractivity contribution in [3.05, 3.63) is 34.9 Å². The third-order valence-electron chi connectivity index (χ3n) is 4.59. The highest BCUT2D eigenvalue weighted by molar-refractivity contribution is 5.35. The Hall–Kier alpha value is -1.58. The molecule has 0 bridgehead atoms. The van der Waals surface area contributed by atoms with Crippen LogP contribution >= 0.6 is 0 Å². The Morgan fingerprint density at radius 3 is 2.45 bits per heavy atom. The Bertz CT molecular complexity index is 630. The third kappa shape index (κ3) is 2.51. The molecule has 2 aromatic heterocycles. The van der Waals surface area contributed by atoms with Crippen molar-refractivity contribution in [2.75, 3.05) is 0 Å². The van der Waals surface area contributed by atoms with E-state index in [1.807, 2.05) is 18.2 Å². The summed E-state index contributed by atoms with van der Waals surface area (Å²) in [7, 11) is 0. The van der Waals surface area contributed by atoms with Gasteiger partial charge in [0.2, 0.25) is 0 Å². The van der Waals surface area contributed by atoms with Crippen molar-refractivity contribution in [2.24, 2.45) is 11.8 Å². The minimum absolute atomic E-state index is 0.00600. The molecule has 1 fully saturated rings. The topological polar surface area (TPSA) is 39.3 Å². The highest BCUT2D eigenvalue weighted by Gasteiger charge is 2.22. The second-order valence-electron chi connectivity index (χ2n) is 6.41. The molecule has 0 aromatic carbocycles. The number of rotatable bonds is 1. The van der Waals surface area contributed by atoms with Crippen LogP contribution in [0.4, 0.5) is 0 Å². The molecule has 20 heavy (non-hydrogen) atoms. The Morgan fingerprint density at radius 2 is 1.80 bits per heavy atom. The average molecular weight is 273 g/mol. The first-order valence-electron chi connectivity index (χ1n) is 7.71. The van der Waals surface area contributed by atoms with Crippen LogP contribution in [0.1, 0.15) is 52.0 Å². The Labute approximate surface area is 119 Å². The first kappa shape index (κ1) is 13.4. The molecular formula is C16H23N3O. The van der Waals surface area contributed by atoms with Gasteiger partial charge in [-0.05, 0) is 56.1 Å². The molecule has 4 nitrogen and oxygen atoms in total. The highest BCUT2D eigenvalue weighted by atomic mass is 16.2. The molecule has 1 aliphatic rings. The van der Waals surface area contributed by atoms with Gasteiger partial charge < -0.3 is 0 Å². The fourth-order valence-electron chi connectivity index (χ4n) is 3.44. The van der Waals surface area contributed by atoms with E-state index in [0.29, 0.717) is 0 Å². The number of nitrogens with zero attached hydrogens (tertiary/aromatic N) is 3. The van der Waals surface area contributed by atoms with E-state index in [9.17, 15) is 4.79 Å². The molecule has 0 spiro atoms. The van der Waals surface area contributed by atoms with Crippen molar-refractivity contribution < 1.29 is 0 Å². The summed E-state index contributed by atoms with van der Waals surface area (Å²) >= 11 is 0. The molecule has 0 amide bonds. The second kappa shape index (κ2) is 5.43. The standard InChI is InChI=1S/C16H23N3O/c1-12-6-8-14(9-7-13(2)11-12)19-16(20)18-10-4-3-5-15(18)17-19/h3-5,10,12-14H,6-9,11H2,1-2H3. The maximum Gasteiger partial charge on any atom is 0.350 e. The zero-order chi connectivity index (χ0) is 14.1. The van der Waals surface area contributed by atoms with Gasteiger partial charge in [0.25, 0.3) is 0 Å². The van der Waals surface area contributed by atoms with Crippen LogP contribution in [0.25, 0.3) is 5.65 Å². The SMILES string of the molecule is CC1CCC(n2nc3ccccn3c2=O)CCC(C)C1. The maximum atomic E-state index is 12.5. The number of hydrogen-bond donors (Lipinski definition) is 0. The van der Waals surface area contributed by atoms with E-state index >= 15 is 0 Å². The summed E-state index contributed by atoms with van der Waals surface area (Å²) in [5.74, 6) is 1.50. The zero-order valence-electron chi connectivity index (χ0n) is 12.3. The Kier molecular flexibility index (Phi) is 3.64. The van der Waals surface area contributed by atoms with Crippen LogP contribution in [-0.2, 0) is 0 Å². The second-order valence-corrected chi connectivity index (χ2v) is 6.41. The molecule has 4 heteroatoms. The third-order valence-corrected chi connectivity index (χ3v) is 4.59. The predicted molar refractivity (Wildman–Crippen MR) is 79.9 cm³/mol.